The third-order valence-electron chi connectivity index (χ3n) is 2.09. The van der Waals surface area contributed by atoms with Gasteiger partial charge in [-0.3, -0.25) is 4.99 Å². The molecule has 0 aromatic heterocycles. The molecule has 0 amide bonds. The van der Waals surface area contributed by atoms with Gasteiger partial charge in [0.05, 0.1) is 0 Å². The highest BCUT2D eigenvalue weighted by atomic mass is 79.9. The van der Waals surface area contributed by atoms with Gasteiger partial charge < -0.3 is 5.11 Å². The van der Waals surface area contributed by atoms with E-state index in [0.717, 1.165) is 15.1 Å². The Labute approximate surface area is 110 Å². The lowest BCUT2D eigenvalue weighted by molar-refractivity contribution is -0.137. The van der Waals surface area contributed by atoms with E-state index in [2.05, 4.69) is 20.9 Å². The maximum Gasteiger partial charge on any atom is 0.329 e. The van der Waals surface area contributed by atoms with Gasteiger partial charge in [-0.25, -0.2) is 4.79 Å². The van der Waals surface area contributed by atoms with Crippen molar-refractivity contribution in [3.05, 3.63) is 33.3 Å². The van der Waals surface area contributed by atoms with Crippen molar-refractivity contribution >= 4 is 50.3 Å². The number of hydrogen-bond donors (Lipinski definition) is 1. The van der Waals surface area contributed by atoms with Crippen LogP contribution >= 0.6 is 39.3 Å². The van der Waals surface area contributed by atoms with Gasteiger partial charge >= 0.3 is 5.97 Å². The van der Waals surface area contributed by atoms with Gasteiger partial charge in [-0.05, 0) is 18.2 Å². The Morgan fingerprint density at radius 1 is 1.62 bits per heavy atom. The van der Waals surface area contributed by atoms with E-state index >= 15 is 0 Å². The lowest BCUT2D eigenvalue weighted by Gasteiger charge is -2.03. The van der Waals surface area contributed by atoms with Crippen molar-refractivity contribution in [3.63, 3.8) is 0 Å². The zero-order valence-corrected chi connectivity index (χ0v) is 11.1. The summed E-state index contributed by atoms with van der Waals surface area (Å²) >= 11 is 10.7. The Kier molecular flexibility index (Phi) is 3.56. The summed E-state index contributed by atoms with van der Waals surface area (Å²) in [4.78, 5) is 14.9. The smallest absolute Gasteiger partial charge is 0.329 e. The molecule has 1 aromatic carbocycles. The number of hydrogen-bond acceptors (Lipinski definition) is 3. The summed E-state index contributed by atoms with van der Waals surface area (Å²) in [5, 5.41) is 10.2. The van der Waals surface area contributed by atoms with E-state index in [1.165, 1.54) is 11.8 Å². The zero-order chi connectivity index (χ0) is 11.7. The van der Waals surface area contributed by atoms with Crippen molar-refractivity contribution < 1.29 is 9.90 Å². The Morgan fingerprint density at radius 3 is 3.00 bits per heavy atom. The lowest BCUT2D eigenvalue weighted by Crippen LogP contribution is -2.17. The maximum absolute atomic E-state index is 10.8. The van der Waals surface area contributed by atoms with Gasteiger partial charge in [0.2, 0.25) is 0 Å². The first-order valence-corrected chi connectivity index (χ1v) is 6.62. The van der Waals surface area contributed by atoms with E-state index in [1.807, 2.05) is 6.07 Å². The zero-order valence-electron chi connectivity index (χ0n) is 7.98. The van der Waals surface area contributed by atoms with E-state index in [0.29, 0.717) is 10.8 Å². The SMILES string of the molecule is O=C(O)C1CSC(c2cc(Cl)ccc2Br)=N1. The van der Waals surface area contributed by atoms with Crippen molar-refractivity contribution in [2.75, 3.05) is 5.75 Å². The van der Waals surface area contributed by atoms with Gasteiger partial charge in [0.15, 0.2) is 6.04 Å². The van der Waals surface area contributed by atoms with Crippen LogP contribution in [-0.4, -0.2) is 27.9 Å². The summed E-state index contributed by atoms with van der Waals surface area (Å²) in [7, 11) is 0. The quantitative estimate of drug-likeness (QED) is 0.911. The molecule has 16 heavy (non-hydrogen) atoms. The molecule has 6 heteroatoms. The number of halogens is 2. The highest BCUT2D eigenvalue weighted by Crippen LogP contribution is 2.30. The predicted molar refractivity (Wildman–Crippen MR) is 69.6 cm³/mol. The van der Waals surface area contributed by atoms with E-state index in [-0.39, 0.29) is 0 Å². The van der Waals surface area contributed by atoms with Gasteiger partial charge in [0, 0.05) is 20.8 Å². The molecule has 2 rings (SSSR count). The van der Waals surface area contributed by atoms with Crippen LogP contribution in [0.2, 0.25) is 5.02 Å². The summed E-state index contributed by atoms with van der Waals surface area (Å²) in [5.74, 6) is -0.412. The molecule has 0 fully saturated rings. The van der Waals surface area contributed by atoms with Gasteiger partial charge in [-0.1, -0.05) is 27.5 Å². The molecular weight excluding hydrogens is 314 g/mol. The molecule has 1 aliphatic rings. The number of nitrogens with zero attached hydrogens (tertiary/aromatic N) is 1. The fourth-order valence-electron chi connectivity index (χ4n) is 1.31. The molecule has 1 heterocycles. The van der Waals surface area contributed by atoms with Crippen LogP contribution in [-0.2, 0) is 4.79 Å². The van der Waals surface area contributed by atoms with Crippen molar-refractivity contribution in [1.29, 1.82) is 0 Å². The van der Waals surface area contributed by atoms with Gasteiger partial charge in [0.25, 0.3) is 0 Å². The molecule has 0 aliphatic carbocycles. The highest BCUT2D eigenvalue weighted by Gasteiger charge is 2.26. The third kappa shape index (κ3) is 2.42. The van der Waals surface area contributed by atoms with Crippen molar-refractivity contribution in [3.8, 4) is 0 Å². The number of rotatable bonds is 2. The molecular formula is C10H7BrClNO2S. The van der Waals surface area contributed by atoms with Crippen LogP contribution < -0.4 is 0 Å². The molecule has 0 saturated heterocycles. The van der Waals surface area contributed by atoms with E-state index in [1.54, 1.807) is 12.1 Å². The Morgan fingerprint density at radius 2 is 2.38 bits per heavy atom. The lowest BCUT2D eigenvalue weighted by atomic mass is 10.2. The van der Waals surface area contributed by atoms with E-state index in [9.17, 15) is 4.79 Å². The maximum atomic E-state index is 10.8. The average Bonchev–Trinajstić information content (AvgIpc) is 2.70. The molecule has 3 nitrogen and oxygen atoms in total. The fourth-order valence-corrected chi connectivity index (χ4v) is 3.11. The first kappa shape index (κ1) is 12.0. The Balaban J connectivity index is 2.35. The molecule has 1 aliphatic heterocycles. The molecule has 1 aromatic rings. The molecule has 1 atom stereocenters. The summed E-state index contributed by atoms with van der Waals surface area (Å²) in [5.41, 5.74) is 0.848. The van der Waals surface area contributed by atoms with Gasteiger partial charge in [-0.15, -0.1) is 11.8 Å². The molecule has 1 N–H and O–H groups in total. The monoisotopic (exact) mass is 319 g/mol. The minimum absolute atomic E-state index is 0.476. The van der Waals surface area contributed by atoms with Crippen LogP contribution in [0.15, 0.2) is 27.7 Å². The summed E-state index contributed by atoms with van der Waals surface area (Å²) in [6.45, 7) is 0. The van der Waals surface area contributed by atoms with Crippen LogP contribution in [0.1, 0.15) is 5.56 Å². The van der Waals surface area contributed by atoms with E-state index in [4.69, 9.17) is 16.7 Å². The Hall–Kier alpha value is -0.520. The number of aliphatic imine (C=N–C) groups is 1. The topological polar surface area (TPSA) is 49.7 Å². The van der Waals surface area contributed by atoms with Crippen molar-refractivity contribution in [2.24, 2.45) is 4.99 Å². The summed E-state index contributed by atoms with van der Waals surface area (Å²) < 4.78 is 0.870. The average molecular weight is 321 g/mol. The summed E-state index contributed by atoms with van der Waals surface area (Å²) in [6, 6.07) is 4.73. The van der Waals surface area contributed by atoms with Crippen LogP contribution in [0.5, 0.6) is 0 Å². The van der Waals surface area contributed by atoms with Crippen LogP contribution in [0.4, 0.5) is 0 Å². The van der Waals surface area contributed by atoms with Crippen LogP contribution in [0, 0.1) is 0 Å². The number of carbonyl (C=O) groups is 1. The van der Waals surface area contributed by atoms with Crippen molar-refractivity contribution in [1.82, 2.24) is 0 Å². The first-order valence-electron chi connectivity index (χ1n) is 4.47. The van der Waals surface area contributed by atoms with Gasteiger partial charge in [-0.2, -0.15) is 0 Å². The number of carboxylic acids is 1. The normalized spacial score (nSPS) is 19.6. The number of aliphatic carboxylic acids is 1. The predicted octanol–water partition coefficient (Wildman–Crippen LogP) is 3.05. The number of thioether (sulfide) groups is 1. The molecule has 0 bridgehead atoms. The molecule has 0 radical (unpaired) electrons. The Bertz CT molecular complexity index is 478. The number of benzene rings is 1. The third-order valence-corrected chi connectivity index (χ3v) is 4.10. The highest BCUT2D eigenvalue weighted by molar-refractivity contribution is 9.10. The first-order chi connectivity index (χ1) is 7.58. The second-order valence-electron chi connectivity index (χ2n) is 3.22. The minimum Gasteiger partial charge on any atom is -0.480 e. The molecule has 1 unspecified atom stereocenters. The largest absolute Gasteiger partial charge is 0.480 e. The van der Waals surface area contributed by atoms with Gasteiger partial charge in [0.1, 0.15) is 5.04 Å². The van der Waals surface area contributed by atoms with E-state index < -0.39 is 12.0 Å². The van der Waals surface area contributed by atoms with Crippen molar-refractivity contribution in [2.45, 2.75) is 6.04 Å². The van der Waals surface area contributed by atoms with Crippen LogP contribution in [0.25, 0.3) is 0 Å². The number of carboxylic acid groups (broad SMARTS) is 1. The minimum atomic E-state index is -0.888. The van der Waals surface area contributed by atoms with Crippen LogP contribution in [0.3, 0.4) is 0 Å². The second-order valence-corrected chi connectivity index (χ2v) is 5.52. The standard InChI is InChI=1S/C10H7BrClNO2S/c11-7-2-1-5(12)3-6(7)9-13-8(4-16-9)10(14)15/h1-3,8H,4H2,(H,14,15). The fraction of sp³-hybridized carbons (Fsp3) is 0.200. The molecule has 0 spiro atoms. The second kappa shape index (κ2) is 4.77. The summed E-state index contributed by atoms with van der Waals surface area (Å²) in [6.07, 6.45) is 0. The molecule has 84 valence electrons. The molecule has 0 saturated carbocycles.